The van der Waals surface area contributed by atoms with Gasteiger partial charge in [0.15, 0.2) is 0 Å². The van der Waals surface area contributed by atoms with Crippen LogP contribution in [-0.4, -0.2) is 60.8 Å². The van der Waals surface area contributed by atoms with Crippen molar-refractivity contribution < 1.29 is 9.18 Å². The summed E-state index contributed by atoms with van der Waals surface area (Å²) in [7, 11) is 0. The van der Waals surface area contributed by atoms with Crippen molar-refractivity contribution in [3.63, 3.8) is 0 Å². The van der Waals surface area contributed by atoms with Crippen molar-refractivity contribution in [2.24, 2.45) is 0 Å². The molecular formula is C12H22FN3O. The van der Waals surface area contributed by atoms with E-state index < -0.39 is 6.17 Å². The normalized spacial score (nSPS) is 29.2. The molecule has 2 aliphatic heterocycles. The van der Waals surface area contributed by atoms with Crippen LogP contribution in [0.2, 0.25) is 0 Å². The van der Waals surface area contributed by atoms with Crippen LogP contribution in [0.1, 0.15) is 26.2 Å². The quantitative estimate of drug-likeness (QED) is 0.757. The van der Waals surface area contributed by atoms with Crippen molar-refractivity contribution in [1.82, 2.24) is 15.1 Å². The van der Waals surface area contributed by atoms with E-state index in [1.54, 1.807) is 0 Å². The zero-order valence-corrected chi connectivity index (χ0v) is 10.5. The Kier molecular flexibility index (Phi) is 4.20. The number of carbonyl (C=O) groups is 1. The van der Waals surface area contributed by atoms with Crippen LogP contribution in [-0.2, 0) is 0 Å². The average molecular weight is 243 g/mol. The standard InChI is InChI=1S/C12H22FN3O/c1-2-3-4-14-12(17)16-6-5-15-8-10(13)7-11(15)9-16/h10-11H,2-9H2,1H3,(H,14,17)/t10-,11-/m0/s1. The third kappa shape index (κ3) is 3.09. The summed E-state index contributed by atoms with van der Waals surface area (Å²) >= 11 is 0. The number of nitrogens with zero attached hydrogens (tertiary/aromatic N) is 2. The van der Waals surface area contributed by atoms with Gasteiger partial charge in [-0.25, -0.2) is 9.18 Å². The Hall–Kier alpha value is -0.840. The van der Waals surface area contributed by atoms with Crippen LogP contribution in [0.4, 0.5) is 9.18 Å². The highest BCUT2D eigenvalue weighted by atomic mass is 19.1. The number of hydrogen-bond donors (Lipinski definition) is 1. The molecule has 2 fully saturated rings. The lowest BCUT2D eigenvalue weighted by Gasteiger charge is -2.37. The van der Waals surface area contributed by atoms with Gasteiger partial charge in [-0.05, 0) is 12.8 Å². The summed E-state index contributed by atoms with van der Waals surface area (Å²) in [6.07, 6.45) is 1.98. The summed E-state index contributed by atoms with van der Waals surface area (Å²) in [4.78, 5) is 15.8. The van der Waals surface area contributed by atoms with Gasteiger partial charge in [-0.15, -0.1) is 0 Å². The summed E-state index contributed by atoms with van der Waals surface area (Å²) in [6.45, 7) is 5.61. The number of fused-ring (bicyclic) bond motifs is 1. The smallest absolute Gasteiger partial charge is 0.317 e. The van der Waals surface area contributed by atoms with Crippen molar-refractivity contribution in [1.29, 1.82) is 0 Å². The van der Waals surface area contributed by atoms with E-state index in [4.69, 9.17) is 0 Å². The number of nitrogens with one attached hydrogen (secondary N) is 1. The molecule has 0 spiro atoms. The number of amides is 2. The fourth-order valence-corrected chi connectivity index (χ4v) is 2.65. The van der Waals surface area contributed by atoms with Crippen molar-refractivity contribution in [3.05, 3.63) is 0 Å². The van der Waals surface area contributed by atoms with Gasteiger partial charge in [-0.2, -0.15) is 0 Å². The number of carbonyl (C=O) groups excluding carboxylic acids is 1. The number of hydrogen-bond acceptors (Lipinski definition) is 2. The average Bonchev–Trinajstić information content (AvgIpc) is 2.68. The molecule has 2 aliphatic rings. The second-order valence-electron chi connectivity index (χ2n) is 5.01. The molecule has 2 saturated heterocycles. The molecule has 0 aromatic heterocycles. The van der Waals surface area contributed by atoms with Crippen LogP contribution in [0.3, 0.4) is 0 Å². The van der Waals surface area contributed by atoms with Crippen LogP contribution in [0, 0.1) is 0 Å². The van der Waals surface area contributed by atoms with Crippen molar-refractivity contribution in [3.8, 4) is 0 Å². The molecule has 0 unspecified atom stereocenters. The maximum absolute atomic E-state index is 13.2. The Morgan fingerprint density at radius 3 is 3.00 bits per heavy atom. The number of alkyl halides is 1. The molecule has 0 radical (unpaired) electrons. The van der Waals surface area contributed by atoms with E-state index in [0.717, 1.165) is 32.5 Å². The first-order chi connectivity index (χ1) is 8.20. The van der Waals surface area contributed by atoms with Crippen molar-refractivity contribution >= 4 is 6.03 Å². The molecule has 4 nitrogen and oxygen atoms in total. The van der Waals surface area contributed by atoms with Gasteiger partial charge in [0.05, 0.1) is 0 Å². The minimum absolute atomic E-state index is 0.0143. The molecule has 0 aliphatic carbocycles. The van der Waals surface area contributed by atoms with E-state index in [0.29, 0.717) is 19.5 Å². The maximum atomic E-state index is 13.2. The number of rotatable bonds is 3. The van der Waals surface area contributed by atoms with Crippen LogP contribution in [0.25, 0.3) is 0 Å². The number of urea groups is 1. The molecule has 0 bridgehead atoms. The minimum atomic E-state index is -0.705. The zero-order valence-electron chi connectivity index (χ0n) is 10.5. The Labute approximate surface area is 102 Å². The molecule has 2 atom stereocenters. The lowest BCUT2D eigenvalue weighted by molar-refractivity contribution is 0.117. The van der Waals surface area contributed by atoms with E-state index in [2.05, 4.69) is 17.1 Å². The summed E-state index contributed by atoms with van der Waals surface area (Å²) in [5.74, 6) is 0. The van der Waals surface area contributed by atoms with Crippen molar-refractivity contribution in [2.75, 3.05) is 32.7 Å². The van der Waals surface area contributed by atoms with Gasteiger partial charge in [-0.1, -0.05) is 13.3 Å². The predicted octanol–water partition coefficient (Wildman–Crippen LogP) is 1.22. The molecule has 17 heavy (non-hydrogen) atoms. The maximum Gasteiger partial charge on any atom is 0.317 e. The highest BCUT2D eigenvalue weighted by molar-refractivity contribution is 5.74. The second kappa shape index (κ2) is 5.67. The minimum Gasteiger partial charge on any atom is -0.338 e. The predicted molar refractivity (Wildman–Crippen MR) is 64.8 cm³/mol. The lowest BCUT2D eigenvalue weighted by Crippen LogP contribution is -2.54. The van der Waals surface area contributed by atoms with Gasteiger partial charge >= 0.3 is 6.03 Å². The van der Waals surface area contributed by atoms with E-state index in [-0.39, 0.29) is 12.1 Å². The lowest BCUT2D eigenvalue weighted by atomic mass is 10.1. The molecule has 98 valence electrons. The summed E-state index contributed by atoms with van der Waals surface area (Å²) in [5, 5.41) is 2.92. The first-order valence-electron chi connectivity index (χ1n) is 6.61. The van der Waals surface area contributed by atoms with E-state index in [1.807, 2.05) is 4.90 Å². The largest absolute Gasteiger partial charge is 0.338 e. The highest BCUT2D eigenvalue weighted by Crippen LogP contribution is 2.23. The van der Waals surface area contributed by atoms with E-state index in [1.165, 1.54) is 0 Å². The Balaban J connectivity index is 1.77. The third-order valence-electron chi connectivity index (χ3n) is 3.66. The van der Waals surface area contributed by atoms with Gasteiger partial charge < -0.3 is 10.2 Å². The molecule has 0 aromatic carbocycles. The van der Waals surface area contributed by atoms with Crippen LogP contribution < -0.4 is 5.32 Å². The molecule has 0 aromatic rings. The Morgan fingerprint density at radius 2 is 2.24 bits per heavy atom. The second-order valence-corrected chi connectivity index (χ2v) is 5.01. The topological polar surface area (TPSA) is 35.6 Å². The van der Waals surface area contributed by atoms with E-state index >= 15 is 0 Å². The number of piperazine rings is 1. The van der Waals surface area contributed by atoms with Gasteiger partial charge in [-0.3, -0.25) is 4.90 Å². The molecule has 0 saturated carbocycles. The number of halogens is 1. The Bertz CT molecular complexity index is 274. The van der Waals surface area contributed by atoms with Crippen LogP contribution >= 0.6 is 0 Å². The summed E-state index contributed by atoms with van der Waals surface area (Å²) in [6, 6.07) is 0.246. The zero-order chi connectivity index (χ0) is 12.3. The highest BCUT2D eigenvalue weighted by Gasteiger charge is 2.37. The first-order valence-corrected chi connectivity index (χ1v) is 6.61. The van der Waals surface area contributed by atoms with Gasteiger partial charge in [0.25, 0.3) is 0 Å². The molecule has 2 heterocycles. The molecule has 2 amide bonds. The fourth-order valence-electron chi connectivity index (χ4n) is 2.65. The third-order valence-corrected chi connectivity index (χ3v) is 3.66. The number of unbranched alkanes of at least 4 members (excludes halogenated alkanes) is 1. The SMILES string of the molecule is CCCCNC(=O)N1CCN2C[C@@H](F)C[C@H]2C1. The van der Waals surface area contributed by atoms with Gasteiger partial charge in [0, 0.05) is 38.8 Å². The first kappa shape index (κ1) is 12.6. The van der Waals surface area contributed by atoms with Gasteiger partial charge in [0.1, 0.15) is 6.17 Å². The van der Waals surface area contributed by atoms with Crippen LogP contribution in [0.5, 0.6) is 0 Å². The molecule has 2 rings (SSSR count). The van der Waals surface area contributed by atoms with Crippen LogP contribution in [0.15, 0.2) is 0 Å². The van der Waals surface area contributed by atoms with Gasteiger partial charge in [0.2, 0.25) is 0 Å². The molecule has 5 heteroatoms. The summed E-state index contributed by atoms with van der Waals surface area (Å²) in [5.41, 5.74) is 0. The fraction of sp³-hybridized carbons (Fsp3) is 0.917. The monoisotopic (exact) mass is 243 g/mol. The van der Waals surface area contributed by atoms with E-state index in [9.17, 15) is 9.18 Å². The summed E-state index contributed by atoms with van der Waals surface area (Å²) < 4.78 is 13.2. The molecular weight excluding hydrogens is 221 g/mol. The Morgan fingerprint density at radius 1 is 1.41 bits per heavy atom. The molecule has 1 N–H and O–H groups in total. The van der Waals surface area contributed by atoms with Crippen molar-refractivity contribution in [2.45, 2.75) is 38.4 Å².